The first-order chi connectivity index (χ1) is 9.28. The molecule has 0 saturated heterocycles. The van der Waals surface area contributed by atoms with E-state index >= 15 is 0 Å². The third-order valence-electron chi connectivity index (χ3n) is 2.69. The second kappa shape index (κ2) is 6.61. The molecule has 3 heteroatoms. The number of methoxy groups -OCH3 is 1. The molecule has 3 nitrogen and oxygen atoms in total. The zero-order chi connectivity index (χ0) is 13.5. The van der Waals surface area contributed by atoms with Crippen molar-refractivity contribution in [1.82, 2.24) is 0 Å². The van der Waals surface area contributed by atoms with Gasteiger partial charge in [0, 0.05) is 12.8 Å². The molecule has 0 radical (unpaired) electrons. The average Bonchev–Trinajstić information content (AvgIpc) is 2.46. The number of hydrogen-bond acceptors (Lipinski definition) is 3. The predicted molar refractivity (Wildman–Crippen MR) is 79.0 cm³/mol. The molecule has 19 heavy (non-hydrogen) atoms. The fourth-order valence-corrected chi connectivity index (χ4v) is 1.65. The number of phenolic OH excluding ortho intramolecular Hbond substituents is 1. The zero-order valence-corrected chi connectivity index (χ0v) is 10.8. The number of phenols is 1. The highest BCUT2D eigenvalue weighted by Gasteiger charge is 1.92. The molecule has 2 aromatic carbocycles. The van der Waals surface area contributed by atoms with Crippen molar-refractivity contribution in [2.75, 3.05) is 19.2 Å². The SMILES string of the molecule is COCNc1ccc(/C=C/c2ccc(O)cc2)cc1. The Hall–Kier alpha value is -2.26. The van der Waals surface area contributed by atoms with Crippen LogP contribution in [0.3, 0.4) is 0 Å². The molecule has 0 bridgehead atoms. The van der Waals surface area contributed by atoms with Gasteiger partial charge in [-0.1, -0.05) is 36.4 Å². The number of anilines is 1. The zero-order valence-electron chi connectivity index (χ0n) is 10.8. The van der Waals surface area contributed by atoms with E-state index in [2.05, 4.69) is 5.32 Å². The number of benzene rings is 2. The molecule has 2 rings (SSSR count). The Morgan fingerprint density at radius 1 is 0.947 bits per heavy atom. The molecule has 0 heterocycles. The van der Waals surface area contributed by atoms with Crippen LogP contribution in [0, 0.1) is 0 Å². The average molecular weight is 255 g/mol. The minimum atomic E-state index is 0.283. The largest absolute Gasteiger partial charge is 0.508 e. The van der Waals surface area contributed by atoms with E-state index in [1.54, 1.807) is 19.2 Å². The van der Waals surface area contributed by atoms with Crippen LogP contribution in [-0.2, 0) is 4.74 Å². The maximum atomic E-state index is 9.20. The molecular formula is C16H17NO2. The van der Waals surface area contributed by atoms with Gasteiger partial charge < -0.3 is 15.2 Å². The van der Waals surface area contributed by atoms with Crippen LogP contribution in [-0.4, -0.2) is 18.9 Å². The lowest BCUT2D eigenvalue weighted by Crippen LogP contribution is -2.02. The van der Waals surface area contributed by atoms with Gasteiger partial charge in [-0.15, -0.1) is 0 Å². The summed E-state index contributed by atoms with van der Waals surface area (Å²) in [5, 5.41) is 12.3. The molecule has 2 aromatic rings. The summed E-state index contributed by atoms with van der Waals surface area (Å²) in [6.07, 6.45) is 4.05. The van der Waals surface area contributed by atoms with Gasteiger partial charge >= 0.3 is 0 Å². The first kappa shape index (κ1) is 13.2. The van der Waals surface area contributed by atoms with Crippen LogP contribution in [0.2, 0.25) is 0 Å². The number of aromatic hydroxyl groups is 1. The lowest BCUT2D eigenvalue weighted by molar-refractivity contribution is 0.221. The molecule has 0 spiro atoms. The van der Waals surface area contributed by atoms with E-state index in [4.69, 9.17) is 4.74 Å². The smallest absolute Gasteiger partial charge is 0.116 e. The Morgan fingerprint density at radius 2 is 1.47 bits per heavy atom. The summed E-state index contributed by atoms with van der Waals surface area (Å²) >= 11 is 0. The first-order valence-corrected chi connectivity index (χ1v) is 6.08. The molecule has 0 aromatic heterocycles. The van der Waals surface area contributed by atoms with E-state index in [0.717, 1.165) is 16.8 Å². The van der Waals surface area contributed by atoms with Crippen LogP contribution in [0.25, 0.3) is 12.2 Å². The predicted octanol–water partition coefficient (Wildman–Crippen LogP) is 3.58. The normalized spacial score (nSPS) is 10.8. The van der Waals surface area contributed by atoms with Crippen molar-refractivity contribution >= 4 is 17.8 Å². The van der Waals surface area contributed by atoms with Crippen LogP contribution in [0.1, 0.15) is 11.1 Å². The van der Waals surface area contributed by atoms with Gasteiger partial charge in [-0.25, -0.2) is 0 Å². The molecule has 0 fully saturated rings. The van der Waals surface area contributed by atoms with E-state index in [1.165, 1.54) is 0 Å². The van der Waals surface area contributed by atoms with Gasteiger partial charge in [-0.05, 0) is 35.4 Å². The van der Waals surface area contributed by atoms with Gasteiger partial charge in [0.15, 0.2) is 0 Å². The van der Waals surface area contributed by atoms with E-state index in [9.17, 15) is 5.11 Å². The number of nitrogens with one attached hydrogen (secondary N) is 1. The maximum absolute atomic E-state index is 9.20. The second-order valence-electron chi connectivity index (χ2n) is 4.16. The molecule has 0 atom stereocenters. The van der Waals surface area contributed by atoms with Gasteiger partial charge in [0.25, 0.3) is 0 Å². The topological polar surface area (TPSA) is 41.5 Å². The minimum Gasteiger partial charge on any atom is -0.508 e. The van der Waals surface area contributed by atoms with Gasteiger partial charge in [-0.3, -0.25) is 0 Å². The Kier molecular flexibility index (Phi) is 4.59. The molecule has 0 unspecified atom stereocenters. The second-order valence-corrected chi connectivity index (χ2v) is 4.16. The summed E-state index contributed by atoms with van der Waals surface area (Å²) in [4.78, 5) is 0. The lowest BCUT2D eigenvalue weighted by Gasteiger charge is -2.04. The number of ether oxygens (including phenoxy) is 1. The molecule has 98 valence electrons. The maximum Gasteiger partial charge on any atom is 0.116 e. The van der Waals surface area contributed by atoms with Crippen LogP contribution >= 0.6 is 0 Å². The first-order valence-electron chi connectivity index (χ1n) is 6.08. The standard InChI is InChI=1S/C16H17NO2/c1-19-12-17-15-8-4-13(5-9-15)2-3-14-6-10-16(18)11-7-14/h2-11,17-18H,12H2,1H3/b3-2+. The van der Waals surface area contributed by atoms with Crippen molar-refractivity contribution in [2.24, 2.45) is 0 Å². The third kappa shape index (κ3) is 4.16. The monoisotopic (exact) mass is 255 g/mol. The van der Waals surface area contributed by atoms with Crippen molar-refractivity contribution < 1.29 is 9.84 Å². The van der Waals surface area contributed by atoms with Crippen molar-refractivity contribution in [3.05, 3.63) is 59.7 Å². The molecule has 0 aliphatic carbocycles. The van der Waals surface area contributed by atoms with E-state index < -0.39 is 0 Å². The summed E-state index contributed by atoms with van der Waals surface area (Å²) in [5.74, 6) is 0.283. The van der Waals surface area contributed by atoms with Crippen LogP contribution in [0.5, 0.6) is 5.75 Å². The number of hydrogen-bond donors (Lipinski definition) is 2. The quantitative estimate of drug-likeness (QED) is 0.634. The van der Waals surface area contributed by atoms with Crippen molar-refractivity contribution in [2.45, 2.75) is 0 Å². The molecule has 2 N–H and O–H groups in total. The Morgan fingerprint density at radius 3 is 2.00 bits per heavy atom. The van der Waals surface area contributed by atoms with Crippen LogP contribution in [0.4, 0.5) is 5.69 Å². The minimum absolute atomic E-state index is 0.283. The summed E-state index contributed by atoms with van der Waals surface area (Å²) in [5.41, 5.74) is 3.21. The lowest BCUT2D eigenvalue weighted by atomic mass is 10.1. The van der Waals surface area contributed by atoms with Crippen molar-refractivity contribution in [3.8, 4) is 5.75 Å². The van der Waals surface area contributed by atoms with Gasteiger partial charge in [0.1, 0.15) is 12.5 Å². The third-order valence-corrected chi connectivity index (χ3v) is 2.69. The van der Waals surface area contributed by atoms with Gasteiger partial charge in [0.2, 0.25) is 0 Å². The van der Waals surface area contributed by atoms with Gasteiger partial charge in [0.05, 0.1) is 0 Å². The molecule has 0 saturated carbocycles. The molecule has 0 aliphatic heterocycles. The van der Waals surface area contributed by atoms with Crippen molar-refractivity contribution in [1.29, 1.82) is 0 Å². The van der Waals surface area contributed by atoms with E-state index in [1.807, 2.05) is 48.6 Å². The Balaban J connectivity index is 2.00. The van der Waals surface area contributed by atoms with Crippen molar-refractivity contribution in [3.63, 3.8) is 0 Å². The highest BCUT2D eigenvalue weighted by molar-refractivity contribution is 5.70. The summed E-state index contributed by atoms with van der Waals surface area (Å²) in [6.45, 7) is 0.503. The Bertz CT molecular complexity index is 530. The summed E-state index contributed by atoms with van der Waals surface area (Å²) in [6, 6.07) is 15.2. The van der Waals surface area contributed by atoms with Crippen LogP contribution in [0.15, 0.2) is 48.5 Å². The highest BCUT2D eigenvalue weighted by atomic mass is 16.5. The molecule has 0 amide bonds. The van der Waals surface area contributed by atoms with Crippen LogP contribution < -0.4 is 5.32 Å². The molecular weight excluding hydrogens is 238 g/mol. The molecule has 0 aliphatic rings. The summed E-state index contributed by atoms with van der Waals surface area (Å²) < 4.78 is 4.95. The van der Waals surface area contributed by atoms with E-state index in [-0.39, 0.29) is 5.75 Å². The van der Waals surface area contributed by atoms with Gasteiger partial charge in [-0.2, -0.15) is 0 Å². The fraction of sp³-hybridized carbons (Fsp3) is 0.125. The highest BCUT2D eigenvalue weighted by Crippen LogP contribution is 2.14. The fourth-order valence-electron chi connectivity index (χ4n) is 1.65. The number of rotatable bonds is 5. The summed E-state index contributed by atoms with van der Waals surface area (Å²) in [7, 11) is 1.65. The van der Waals surface area contributed by atoms with E-state index in [0.29, 0.717) is 6.73 Å². The Labute approximate surface area is 113 Å².